The summed E-state index contributed by atoms with van der Waals surface area (Å²) >= 11 is 0. The maximum absolute atomic E-state index is 11.7. The van der Waals surface area contributed by atoms with Crippen LogP contribution in [0.1, 0.15) is 25.7 Å². The van der Waals surface area contributed by atoms with Gasteiger partial charge in [0, 0.05) is 12.8 Å². The minimum atomic E-state index is -4.55. The summed E-state index contributed by atoms with van der Waals surface area (Å²) in [6, 6.07) is 0. The van der Waals surface area contributed by atoms with Crippen molar-refractivity contribution in [2.75, 3.05) is 0 Å². The van der Waals surface area contributed by atoms with Gasteiger partial charge in [-0.05, 0) is 12.8 Å². The van der Waals surface area contributed by atoms with Gasteiger partial charge in [-0.25, -0.2) is 0 Å². The highest BCUT2D eigenvalue weighted by Crippen LogP contribution is 2.29. The predicted molar refractivity (Wildman–Crippen MR) is 41.7 cm³/mol. The molecule has 0 saturated carbocycles. The molecule has 0 saturated heterocycles. The van der Waals surface area contributed by atoms with E-state index in [1.54, 1.807) is 0 Å². The van der Waals surface area contributed by atoms with Crippen LogP contribution in [0.4, 0.5) is 26.3 Å². The van der Waals surface area contributed by atoms with Gasteiger partial charge in [-0.2, -0.15) is 26.3 Å². The molecule has 0 heterocycles. The Morgan fingerprint density at radius 2 is 1.25 bits per heavy atom. The van der Waals surface area contributed by atoms with Gasteiger partial charge in [-0.15, -0.1) is 0 Å². The molecule has 0 aromatic heterocycles. The number of aliphatic carboxylic acids is 1. The molecule has 0 aliphatic carbocycles. The molecular formula is C8H10F6O2. The Kier molecular flexibility index (Phi) is 5.08. The van der Waals surface area contributed by atoms with Gasteiger partial charge >= 0.3 is 18.3 Å². The van der Waals surface area contributed by atoms with E-state index in [-0.39, 0.29) is 0 Å². The first kappa shape index (κ1) is 15.0. The lowest BCUT2D eigenvalue weighted by Crippen LogP contribution is -2.20. The molecule has 0 aliphatic rings. The number of carboxylic acid groups (broad SMARTS) is 1. The molecule has 0 bridgehead atoms. The smallest absolute Gasteiger partial charge is 0.389 e. The van der Waals surface area contributed by atoms with Crippen molar-refractivity contribution in [1.29, 1.82) is 0 Å². The van der Waals surface area contributed by atoms with Gasteiger partial charge in [0.25, 0.3) is 0 Å². The molecule has 16 heavy (non-hydrogen) atoms. The summed E-state index contributed by atoms with van der Waals surface area (Å²) in [5.41, 5.74) is 0. The second-order valence-electron chi connectivity index (χ2n) is 3.34. The number of carboxylic acids is 1. The van der Waals surface area contributed by atoms with Gasteiger partial charge in [0.15, 0.2) is 0 Å². The first-order valence-corrected chi connectivity index (χ1v) is 4.37. The number of hydrogen-bond donors (Lipinski definition) is 1. The Hall–Kier alpha value is -0.950. The number of halogens is 6. The van der Waals surface area contributed by atoms with Crippen molar-refractivity contribution in [1.82, 2.24) is 0 Å². The van der Waals surface area contributed by atoms with Crippen LogP contribution in [-0.4, -0.2) is 23.4 Å². The van der Waals surface area contributed by atoms with Crippen LogP contribution >= 0.6 is 0 Å². The molecule has 0 unspecified atom stereocenters. The van der Waals surface area contributed by atoms with E-state index < -0.39 is 49.9 Å². The minimum absolute atomic E-state index is 0.824. The maximum Gasteiger partial charge on any atom is 0.389 e. The second-order valence-corrected chi connectivity index (χ2v) is 3.34. The zero-order valence-corrected chi connectivity index (χ0v) is 8.03. The molecule has 0 aliphatic heterocycles. The Bertz CT molecular complexity index is 214. The fourth-order valence-electron chi connectivity index (χ4n) is 1.07. The molecule has 8 heteroatoms. The number of alkyl halides is 6. The van der Waals surface area contributed by atoms with Crippen molar-refractivity contribution in [3.8, 4) is 0 Å². The van der Waals surface area contributed by atoms with E-state index in [1.807, 2.05) is 0 Å². The third-order valence-electron chi connectivity index (χ3n) is 1.90. The van der Waals surface area contributed by atoms with Crippen molar-refractivity contribution < 1.29 is 36.2 Å². The highest BCUT2D eigenvalue weighted by Gasteiger charge is 2.33. The molecule has 0 atom stereocenters. The molecule has 0 aromatic carbocycles. The summed E-state index contributed by atoms with van der Waals surface area (Å²) in [6.07, 6.45) is -13.5. The van der Waals surface area contributed by atoms with Crippen molar-refractivity contribution in [2.45, 2.75) is 38.0 Å². The van der Waals surface area contributed by atoms with Crippen LogP contribution in [0.25, 0.3) is 0 Å². The first-order valence-electron chi connectivity index (χ1n) is 4.37. The van der Waals surface area contributed by atoms with Gasteiger partial charge in [0.2, 0.25) is 0 Å². The van der Waals surface area contributed by atoms with Gasteiger partial charge in [0.05, 0.1) is 5.92 Å². The number of carbonyl (C=O) groups is 1. The maximum atomic E-state index is 11.7. The van der Waals surface area contributed by atoms with Gasteiger partial charge in [0.1, 0.15) is 0 Å². The van der Waals surface area contributed by atoms with Crippen LogP contribution in [0.2, 0.25) is 0 Å². The standard InChI is InChI=1S/C8H10F6O2/c9-7(10,11)3-1-5(6(15)16)2-4-8(12,13)14/h5H,1-4H2,(H,15,16). The second kappa shape index (κ2) is 5.40. The average molecular weight is 252 g/mol. The molecular weight excluding hydrogens is 242 g/mol. The van der Waals surface area contributed by atoms with Crippen molar-refractivity contribution >= 4 is 5.97 Å². The summed E-state index contributed by atoms with van der Waals surface area (Å²) in [7, 11) is 0. The molecule has 0 radical (unpaired) electrons. The molecule has 2 nitrogen and oxygen atoms in total. The largest absolute Gasteiger partial charge is 0.481 e. The lowest BCUT2D eigenvalue weighted by atomic mass is 9.97. The third kappa shape index (κ3) is 8.37. The van der Waals surface area contributed by atoms with Crippen molar-refractivity contribution in [3.05, 3.63) is 0 Å². The van der Waals surface area contributed by atoms with Crippen LogP contribution in [0.3, 0.4) is 0 Å². The predicted octanol–water partition coefficient (Wildman–Crippen LogP) is 3.37. The van der Waals surface area contributed by atoms with E-state index in [0.29, 0.717) is 0 Å². The number of rotatable bonds is 5. The minimum Gasteiger partial charge on any atom is -0.481 e. The Labute approximate surface area is 87.2 Å². The quantitative estimate of drug-likeness (QED) is 0.761. The van der Waals surface area contributed by atoms with Crippen LogP contribution < -0.4 is 0 Å². The van der Waals surface area contributed by atoms with Crippen LogP contribution in [0.15, 0.2) is 0 Å². The van der Waals surface area contributed by atoms with Crippen LogP contribution in [0.5, 0.6) is 0 Å². The third-order valence-corrected chi connectivity index (χ3v) is 1.90. The van der Waals surface area contributed by atoms with Gasteiger partial charge in [-0.1, -0.05) is 0 Å². The lowest BCUT2D eigenvalue weighted by Gasteiger charge is -2.14. The average Bonchev–Trinajstić information content (AvgIpc) is 1.98. The summed E-state index contributed by atoms with van der Waals surface area (Å²) in [5.74, 6) is -3.24. The number of hydrogen-bond acceptors (Lipinski definition) is 1. The fourth-order valence-corrected chi connectivity index (χ4v) is 1.07. The normalized spacial score (nSPS) is 13.2. The topological polar surface area (TPSA) is 37.3 Å². The van der Waals surface area contributed by atoms with E-state index in [1.165, 1.54) is 0 Å². The van der Waals surface area contributed by atoms with E-state index >= 15 is 0 Å². The van der Waals surface area contributed by atoms with Crippen LogP contribution in [-0.2, 0) is 4.79 Å². The van der Waals surface area contributed by atoms with Gasteiger partial charge < -0.3 is 5.11 Å². The Morgan fingerprint density at radius 1 is 0.938 bits per heavy atom. The van der Waals surface area contributed by atoms with Crippen molar-refractivity contribution in [2.24, 2.45) is 5.92 Å². The molecule has 96 valence electrons. The fraction of sp³-hybridized carbons (Fsp3) is 0.875. The SMILES string of the molecule is O=C(O)C(CCC(F)(F)F)CCC(F)(F)F. The summed E-state index contributed by atoms with van der Waals surface area (Å²) in [5, 5.41) is 8.43. The first-order chi connectivity index (χ1) is 7.01. The lowest BCUT2D eigenvalue weighted by molar-refractivity contribution is -0.154. The van der Waals surface area contributed by atoms with E-state index in [0.717, 1.165) is 0 Å². The molecule has 0 aromatic rings. The van der Waals surface area contributed by atoms with E-state index in [2.05, 4.69) is 0 Å². The van der Waals surface area contributed by atoms with Crippen LogP contribution in [0, 0.1) is 5.92 Å². The molecule has 0 rings (SSSR count). The van der Waals surface area contributed by atoms with Crippen molar-refractivity contribution in [3.63, 3.8) is 0 Å². The van der Waals surface area contributed by atoms with Gasteiger partial charge in [-0.3, -0.25) is 4.79 Å². The zero-order valence-electron chi connectivity index (χ0n) is 8.03. The summed E-state index contributed by atoms with van der Waals surface area (Å²) in [6.45, 7) is 0. The monoisotopic (exact) mass is 252 g/mol. The molecule has 0 fully saturated rings. The summed E-state index contributed by atoms with van der Waals surface area (Å²) in [4.78, 5) is 10.4. The van der Waals surface area contributed by atoms with E-state index in [4.69, 9.17) is 5.11 Å². The zero-order chi connectivity index (χ0) is 13.0. The summed E-state index contributed by atoms with van der Waals surface area (Å²) < 4.78 is 70.4. The molecule has 0 amide bonds. The Morgan fingerprint density at radius 3 is 1.44 bits per heavy atom. The Balaban J connectivity index is 4.15. The highest BCUT2D eigenvalue weighted by atomic mass is 19.4. The molecule has 0 spiro atoms. The highest BCUT2D eigenvalue weighted by molar-refractivity contribution is 5.69. The molecule has 1 N–H and O–H groups in total. The van der Waals surface area contributed by atoms with E-state index in [9.17, 15) is 31.1 Å².